The third kappa shape index (κ3) is 9.96. The second-order valence-electron chi connectivity index (χ2n) is 9.01. The van der Waals surface area contributed by atoms with Crippen molar-refractivity contribution < 1.29 is 14.3 Å². The molecule has 2 amide bonds. The number of carbonyl (C=O) groups is 2. The van der Waals surface area contributed by atoms with E-state index in [2.05, 4.69) is 18.3 Å². The van der Waals surface area contributed by atoms with Crippen LogP contribution in [0.15, 0.2) is 88.7 Å². The summed E-state index contributed by atoms with van der Waals surface area (Å²) in [5, 5.41) is 3.09. The second-order valence-corrected chi connectivity index (χ2v) is 10.2. The van der Waals surface area contributed by atoms with Crippen LogP contribution < -0.4 is 15.0 Å². The van der Waals surface area contributed by atoms with Crippen LogP contribution in [-0.2, 0) is 11.3 Å². The summed E-state index contributed by atoms with van der Waals surface area (Å²) in [4.78, 5) is 28.9. The summed E-state index contributed by atoms with van der Waals surface area (Å²) in [5.41, 5.74) is 1.96. The van der Waals surface area contributed by atoms with E-state index in [0.29, 0.717) is 25.3 Å². The van der Waals surface area contributed by atoms with Crippen molar-refractivity contribution in [2.75, 3.05) is 11.4 Å². The summed E-state index contributed by atoms with van der Waals surface area (Å²) < 4.78 is 5.35. The lowest BCUT2D eigenvalue weighted by Crippen LogP contribution is -2.40. The monoisotopic (exact) mass is 518 g/mol. The molecular formula is C31H38N2O3S. The Morgan fingerprint density at radius 1 is 0.811 bits per heavy atom. The largest absolute Gasteiger partial charge is 0.427 e. The highest BCUT2D eigenvalue weighted by molar-refractivity contribution is 7.99. The number of rotatable bonds is 14. The predicted octanol–water partition coefficient (Wildman–Crippen LogP) is 8.23. The maximum Gasteiger partial charge on any atom is 0.322 e. The lowest BCUT2D eigenvalue weighted by molar-refractivity contribution is -0.134. The van der Waals surface area contributed by atoms with Gasteiger partial charge in [-0.3, -0.25) is 9.69 Å². The number of esters is 1. The average Bonchev–Trinajstić information content (AvgIpc) is 2.91. The van der Waals surface area contributed by atoms with Crippen LogP contribution in [-0.4, -0.2) is 18.5 Å². The third-order valence-electron chi connectivity index (χ3n) is 5.89. The van der Waals surface area contributed by atoms with Gasteiger partial charge in [0.05, 0.1) is 0 Å². The standard InChI is InChI=1S/C31H38N2O3S/c1-3-5-6-7-11-22-33(31(35)32-24-25-14-9-8-10-15-25)26-16-12-17-29(23-26)37-28-20-18-27(19-21-28)36-30(34)13-4-2/h8-10,12,14-21,23H,3-7,11,13,22,24H2,1-2H3,(H,32,35). The van der Waals surface area contributed by atoms with E-state index < -0.39 is 0 Å². The van der Waals surface area contributed by atoms with Gasteiger partial charge in [-0.25, -0.2) is 4.79 Å². The molecule has 0 aliphatic carbocycles. The first kappa shape index (κ1) is 28.3. The van der Waals surface area contributed by atoms with Crippen molar-refractivity contribution in [1.29, 1.82) is 0 Å². The van der Waals surface area contributed by atoms with Crippen LogP contribution in [0.3, 0.4) is 0 Å². The van der Waals surface area contributed by atoms with Crippen LogP contribution in [0.4, 0.5) is 10.5 Å². The fourth-order valence-electron chi connectivity index (χ4n) is 3.90. The molecule has 0 fully saturated rings. The first-order chi connectivity index (χ1) is 18.1. The minimum atomic E-state index is -0.212. The molecule has 3 aromatic rings. The van der Waals surface area contributed by atoms with Gasteiger partial charge in [0.1, 0.15) is 5.75 Å². The van der Waals surface area contributed by atoms with E-state index in [0.717, 1.165) is 40.3 Å². The highest BCUT2D eigenvalue weighted by atomic mass is 32.2. The normalized spacial score (nSPS) is 10.6. The Labute approximate surface area is 225 Å². The number of benzene rings is 3. The molecular weight excluding hydrogens is 480 g/mol. The first-order valence-corrected chi connectivity index (χ1v) is 14.1. The maximum atomic E-state index is 13.2. The molecule has 37 heavy (non-hydrogen) atoms. The Kier molecular flexibility index (Phi) is 12.1. The number of nitrogens with one attached hydrogen (secondary N) is 1. The predicted molar refractivity (Wildman–Crippen MR) is 152 cm³/mol. The summed E-state index contributed by atoms with van der Waals surface area (Å²) in [7, 11) is 0. The second kappa shape index (κ2) is 15.8. The number of urea groups is 1. The molecule has 0 saturated heterocycles. The first-order valence-electron chi connectivity index (χ1n) is 13.3. The van der Waals surface area contributed by atoms with Crippen LogP contribution >= 0.6 is 11.8 Å². The van der Waals surface area contributed by atoms with Gasteiger partial charge < -0.3 is 10.1 Å². The molecule has 6 heteroatoms. The molecule has 0 atom stereocenters. The number of hydrogen-bond donors (Lipinski definition) is 1. The molecule has 0 radical (unpaired) electrons. The van der Waals surface area contributed by atoms with Crippen LogP contribution in [0.5, 0.6) is 5.75 Å². The van der Waals surface area contributed by atoms with Crippen molar-refractivity contribution in [2.45, 2.75) is 75.1 Å². The van der Waals surface area contributed by atoms with Crippen molar-refractivity contribution in [3.63, 3.8) is 0 Å². The highest BCUT2D eigenvalue weighted by Crippen LogP contribution is 2.32. The molecule has 0 aromatic heterocycles. The molecule has 0 bridgehead atoms. The van der Waals surface area contributed by atoms with Gasteiger partial charge in [0.15, 0.2) is 0 Å². The summed E-state index contributed by atoms with van der Waals surface area (Å²) >= 11 is 1.62. The van der Waals surface area contributed by atoms with Gasteiger partial charge in [-0.05, 0) is 60.9 Å². The number of hydrogen-bond acceptors (Lipinski definition) is 4. The number of amides is 2. The Bertz CT molecular complexity index is 1100. The van der Waals surface area contributed by atoms with Crippen LogP contribution in [0.25, 0.3) is 0 Å². The minimum absolute atomic E-state index is 0.0836. The van der Waals surface area contributed by atoms with Crippen molar-refractivity contribution >= 4 is 29.4 Å². The molecule has 3 aromatic carbocycles. The molecule has 0 heterocycles. The quantitative estimate of drug-likeness (QED) is 0.133. The van der Waals surface area contributed by atoms with Crippen LogP contribution in [0.2, 0.25) is 0 Å². The lowest BCUT2D eigenvalue weighted by Gasteiger charge is -2.24. The van der Waals surface area contributed by atoms with E-state index in [4.69, 9.17) is 4.74 Å². The van der Waals surface area contributed by atoms with Gasteiger partial charge in [-0.1, -0.05) is 87.7 Å². The number of unbranched alkanes of at least 4 members (excludes halogenated alkanes) is 4. The fourth-order valence-corrected chi connectivity index (χ4v) is 4.77. The molecule has 0 unspecified atom stereocenters. The molecule has 0 aliphatic rings. The van der Waals surface area contributed by atoms with Crippen molar-refractivity contribution in [3.8, 4) is 5.75 Å². The molecule has 196 valence electrons. The zero-order valence-electron chi connectivity index (χ0n) is 21.9. The molecule has 0 saturated carbocycles. The Morgan fingerprint density at radius 2 is 1.57 bits per heavy atom. The van der Waals surface area contributed by atoms with Gasteiger partial charge in [-0.2, -0.15) is 0 Å². The van der Waals surface area contributed by atoms with E-state index in [-0.39, 0.29) is 12.0 Å². The summed E-state index contributed by atoms with van der Waals surface area (Å²) in [6.07, 6.45) is 6.87. The maximum absolute atomic E-state index is 13.2. The van der Waals surface area contributed by atoms with Gasteiger partial charge >= 0.3 is 12.0 Å². The minimum Gasteiger partial charge on any atom is -0.427 e. The van der Waals surface area contributed by atoms with E-state index in [9.17, 15) is 9.59 Å². The lowest BCUT2D eigenvalue weighted by atomic mass is 10.1. The Morgan fingerprint density at radius 3 is 2.30 bits per heavy atom. The topological polar surface area (TPSA) is 58.6 Å². The average molecular weight is 519 g/mol. The summed E-state index contributed by atoms with van der Waals surface area (Å²) in [6.45, 7) is 5.33. The highest BCUT2D eigenvalue weighted by Gasteiger charge is 2.16. The molecule has 1 N–H and O–H groups in total. The third-order valence-corrected chi connectivity index (χ3v) is 6.89. The summed E-state index contributed by atoms with van der Waals surface area (Å²) in [6, 6.07) is 25.5. The smallest absolute Gasteiger partial charge is 0.322 e. The van der Waals surface area contributed by atoms with Crippen molar-refractivity contribution in [1.82, 2.24) is 5.32 Å². The molecule has 0 aliphatic heterocycles. The van der Waals surface area contributed by atoms with Gasteiger partial charge in [0.25, 0.3) is 0 Å². The van der Waals surface area contributed by atoms with E-state index in [1.165, 1.54) is 19.3 Å². The number of ether oxygens (including phenoxy) is 1. The molecule has 0 spiro atoms. The van der Waals surface area contributed by atoms with E-state index >= 15 is 0 Å². The van der Waals surface area contributed by atoms with Crippen molar-refractivity contribution in [3.05, 3.63) is 84.4 Å². The number of carbonyl (C=O) groups excluding carboxylic acids is 2. The van der Waals surface area contributed by atoms with Gasteiger partial charge in [0, 0.05) is 35.0 Å². The van der Waals surface area contributed by atoms with Gasteiger partial charge in [0.2, 0.25) is 0 Å². The van der Waals surface area contributed by atoms with Crippen LogP contribution in [0.1, 0.15) is 64.4 Å². The zero-order chi connectivity index (χ0) is 26.3. The fraction of sp³-hybridized carbons (Fsp3) is 0.355. The summed E-state index contributed by atoms with van der Waals surface area (Å²) in [5.74, 6) is 0.344. The Balaban J connectivity index is 1.67. The molecule has 3 rings (SSSR count). The van der Waals surface area contributed by atoms with Crippen molar-refractivity contribution in [2.24, 2.45) is 0 Å². The number of anilines is 1. The van der Waals surface area contributed by atoms with Gasteiger partial charge in [-0.15, -0.1) is 0 Å². The van der Waals surface area contributed by atoms with Crippen LogP contribution in [0, 0.1) is 0 Å². The van der Waals surface area contributed by atoms with E-state index in [1.54, 1.807) is 11.8 Å². The van der Waals surface area contributed by atoms with E-state index in [1.807, 2.05) is 84.6 Å². The Hall–Kier alpha value is -3.25. The number of nitrogens with zero attached hydrogens (tertiary/aromatic N) is 1. The zero-order valence-corrected chi connectivity index (χ0v) is 22.8. The molecule has 5 nitrogen and oxygen atoms in total. The SMILES string of the molecule is CCCCCCCN(C(=O)NCc1ccccc1)c1cccc(Sc2ccc(OC(=O)CCC)cc2)c1.